The van der Waals surface area contributed by atoms with Crippen LogP contribution in [0.1, 0.15) is 58.3 Å². The molecule has 0 atom stereocenters. The van der Waals surface area contributed by atoms with E-state index in [-0.39, 0.29) is 5.91 Å². The van der Waals surface area contributed by atoms with Crippen LogP contribution in [0.2, 0.25) is 0 Å². The molecule has 1 rings (SSSR count). The molecule has 19 heavy (non-hydrogen) atoms. The number of nitrogens with one attached hydrogen (secondary N) is 1. The zero-order chi connectivity index (χ0) is 13.9. The first-order chi connectivity index (χ1) is 9.26. The lowest BCUT2D eigenvalue weighted by molar-refractivity contribution is -0.123. The van der Waals surface area contributed by atoms with Crippen LogP contribution in [0.15, 0.2) is 0 Å². The summed E-state index contributed by atoms with van der Waals surface area (Å²) in [4.78, 5) is 14.3. The number of carbonyl (C=O) groups excluding carboxylic acids is 1. The van der Waals surface area contributed by atoms with E-state index in [0.29, 0.717) is 19.1 Å². The van der Waals surface area contributed by atoms with Gasteiger partial charge in [-0.15, -0.1) is 0 Å². The van der Waals surface area contributed by atoms with E-state index in [0.717, 1.165) is 38.8 Å². The van der Waals surface area contributed by atoms with Gasteiger partial charge in [-0.25, -0.2) is 0 Å². The highest BCUT2D eigenvalue weighted by Gasteiger charge is 2.16. The average molecular weight is 269 g/mol. The molecule has 1 saturated carbocycles. The second-order valence-corrected chi connectivity index (χ2v) is 5.67. The second kappa shape index (κ2) is 10.2. The molecular weight excluding hydrogens is 238 g/mol. The minimum Gasteiger partial charge on any atom is -0.352 e. The lowest BCUT2D eigenvalue weighted by Crippen LogP contribution is -2.43. The van der Waals surface area contributed by atoms with Crippen molar-refractivity contribution in [2.24, 2.45) is 5.73 Å². The SMILES string of the molecule is CCCCN(CCN)CC(=O)NC1CCCCCC1. The highest BCUT2D eigenvalue weighted by molar-refractivity contribution is 5.78. The molecule has 0 aliphatic heterocycles. The topological polar surface area (TPSA) is 58.4 Å². The molecule has 0 bridgehead atoms. The smallest absolute Gasteiger partial charge is 0.234 e. The molecule has 1 aliphatic carbocycles. The van der Waals surface area contributed by atoms with E-state index in [4.69, 9.17) is 5.73 Å². The van der Waals surface area contributed by atoms with E-state index in [1.807, 2.05) is 0 Å². The monoisotopic (exact) mass is 269 g/mol. The number of amides is 1. The molecule has 1 fully saturated rings. The predicted octanol–water partition coefficient (Wildman–Crippen LogP) is 1.89. The molecule has 0 aromatic heterocycles. The van der Waals surface area contributed by atoms with Crippen molar-refractivity contribution in [2.75, 3.05) is 26.2 Å². The molecule has 112 valence electrons. The highest BCUT2D eigenvalue weighted by atomic mass is 16.2. The van der Waals surface area contributed by atoms with E-state index in [1.54, 1.807) is 0 Å². The standard InChI is InChI=1S/C15H31N3O/c1-2-3-11-18(12-10-16)13-15(19)17-14-8-6-4-5-7-9-14/h14H,2-13,16H2,1H3,(H,17,19). The highest BCUT2D eigenvalue weighted by Crippen LogP contribution is 2.17. The van der Waals surface area contributed by atoms with E-state index in [2.05, 4.69) is 17.1 Å². The Morgan fingerprint density at radius 3 is 2.47 bits per heavy atom. The van der Waals surface area contributed by atoms with Gasteiger partial charge in [-0.05, 0) is 25.8 Å². The Hall–Kier alpha value is -0.610. The number of nitrogens with two attached hydrogens (primary N) is 1. The van der Waals surface area contributed by atoms with Crippen molar-refractivity contribution in [3.63, 3.8) is 0 Å². The predicted molar refractivity (Wildman–Crippen MR) is 80.0 cm³/mol. The first kappa shape index (κ1) is 16.4. The summed E-state index contributed by atoms with van der Waals surface area (Å²) in [6.45, 7) is 5.10. The summed E-state index contributed by atoms with van der Waals surface area (Å²) in [7, 11) is 0. The fourth-order valence-electron chi connectivity index (χ4n) is 2.73. The molecule has 0 unspecified atom stereocenters. The quantitative estimate of drug-likeness (QED) is 0.662. The van der Waals surface area contributed by atoms with Crippen LogP contribution in [-0.2, 0) is 4.79 Å². The van der Waals surface area contributed by atoms with Gasteiger partial charge in [0.1, 0.15) is 0 Å². The van der Waals surface area contributed by atoms with Crippen LogP contribution < -0.4 is 11.1 Å². The van der Waals surface area contributed by atoms with Gasteiger partial charge in [0.2, 0.25) is 5.91 Å². The van der Waals surface area contributed by atoms with Crippen LogP contribution in [0.4, 0.5) is 0 Å². The van der Waals surface area contributed by atoms with E-state index >= 15 is 0 Å². The first-order valence-corrected chi connectivity index (χ1v) is 7.98. The van der Waals surface area contributed by atoms with E-state index < -0.39 is 0 Å². The molecule has 1 amide bonds. The van der Waals surface area contributed by atoms with E-state index in [1.165, 1.54) is 25.7 Å². The molecule has 0 radical (unpaired) electrons. The zero-order valence-corrected chi connectivity index (χ0v) is 12.5. The summed E-state index contributed by atoms with van der Waals surface area (Å²) in [6.07, 6.45) is 9.75. The number of rotatable bonds is 8. The van der Waals surface area contributed by atoms with Crippen LogP contribution in [0.5, 0.6) is 0 Å². The Morgan fingerprint density at radius 2 is 1.89 bits per heavy atom. The second-order valence-electron chi connectivity index (χ2n) is 5.67. The lowest BCUT2D eigenvalue weighted by atomic mass is 10.1. The number of nitrogens with zero attached hydrogens (tertiary/aromatic N) is 1. The van der Waals surface area contributed by atoms with Crippen molar-refractivity contribution in [1.82, 2.24) is 10.2 Å². The van der Waals surface area contributed by atoms with Gasteiger partial charge < -0.3 is 11.1 Å². The molecule has 0 saturated heterocycles. The molecule has 0 spiro atoms. The lowest BCUT2D eigenvalue weighted by Gasteiger charge is -2.23. The van der Waals surface area contributed by atoms with Crippen molar-refractivity contribution in [2.45, 2.75) is 64.3 Å². The van der Waals surface area contributed by atoms with Gasteiger partial charge in [0.25, 0.3) is 0 Å². The Morgan fingerprint density at radius 1 is 1.21 bits per heavy atom. The first-order valence-electron chi connectivity index (χ1n) is 7.98. The fraction of sp³-hybridized carbons (Fsp3) is 0.933. The number of carbonyl (C=O) groups is 1. The van der Waals surface area contributed by atoms with Gasteiger partial charge in [-0.3, -0.25) is 9.69 Å². The third-order valence-electron chi connectivity index (χ3n) is 3.86. The Balaban J connectivity index is 2.29. The van der Waals surface area contributed by atoms with Crippen LogP contribution >= 0.6 is 0 Å². The fourth-order valence-corrected chi connectivity index (χ4v) is 2.73. The van der Waals surface area contributed by atoms with Gasteiger partial charge in [-0.2, -0.15) is 0 Å². The third kappa shape index (κ3) is 7.53. The van der Waals surface area contributed by atoms with Crippen molar-refractivity contribution in [1.29, 1.82) is 0 Å². The molecule has 4 nitrogen and oxygen atoms in total. The normalized spacial score (nSPS) is 17.4. The van der Waals surface area contributed by atoms with Gasteiger partial charge in [0.05, 0.1) is 6.54 Å². The third-order valence-corrected chi connectivity index (χ3v) is 3.86. The van der Waals surface area contributed by atoms with Gasteiger partial charge >= 0.3 is 0 Å². The molecule has 0 heterocycles. The summed E-state index contributed by atoms with van der Waals surface area (Å²) in [5.41, 5.74) is 5.61. The average Bonchev–Trinajstić information content (AvgIpc) is 2.64. The van der Waals surface area contributed by atoms with Gasteiger partial charge in [0, 0.05) is 19.1 Å². The number of unbranched alkanes of at least 4 members (excludes halogenated alkanes) is 1. The number of hydrogen-bond acceptors (Lipinski definition) is 3. The number of hydrogen-bond donors (Lipinski definition) is 2. The van der Waals surface area contributed by atoms with Crippen LogP contribution in [-0.4, -0.2) is 43.0 Å². The van der Waals surface area contributed by atoms with Crippen LogP contribution in [0.3, 0.4) is 0 Å². The summed E-state index contributed by atoms with van der Waals surface area (Å²) in [6, 6.07) is 0.404. The summed E-state index contributed by atoms with van der Waals surface area (Å²) in [5, 5.41) is 3.20. The summed E-state index contributed by atoms with van der Waals surface area (Å²) < 4.78 is 0. The van der Waals surface area contributed by atoms with Gasteiger partial charge in [0.15, 0.2) is 0 Å². The maximum atomic E-state index is 12.1. The maximum Gasteiger partial charge on any atom is 0.234 e. The molecular formula is C15H31N3O. The largest absolute Gasteiger partial charge is 0.352 e. The van der Waals surface area contributed by atoms with E-state index in [9.17, 15) is 4.79 Å². The Bertz CT molecular complexity index is 238. The molecule has 1 aliphatic rings. The Labute approximate surface area is 118 Å². The van der Waals surface area contributed by atoms with Crippen molar-refractivity contribution in [3.8, 4) is 0 Å². The van der Waals surface area contributed by atoms with Crippen molar-refractivity contribution >= 4 is 5.91 Å². The molecule has 4 heteroatoms. The summed E-state index contributed by atoms with van der Waals surface area (Å²) in [5.74, 6) is 0.177. The Kier molecular flexibility index (Phi) is 8.84. The maximum absolute atomic E-state index is 12.1. The molecule has 0 aromatic carbocycles. The van der Waals surface area contributed by atoms with Crippen molar-refractivity contribution in [3.05, 3.63) is 0 Å². The minimum absolute atomic E-state index is 0.177. The van der Waals surface area contributed by atoms with Crippen LogP contribution in [0, 0.1) is 0 Å². The minimum atomic E-state index is 0.177. The van der Waals surface area contributed by atoms with Crippen molar-refractivity contribution < 1.29 is 4.79 Å². The van der Waals surface area contributed by atoms with Gasteiger partial charge in [-0.1, -0.05) is 39.0 Å². The molecule has 3 N–H and O–H groups in total. The zero-order valence-electron chi connectivity index (χ0n) is 12.5. The molecule has 0 aromatic rings. The summed E-state index contributed by atoms with van der Waals surface area (Å²) >= 11 is 0. The van der Waals surface area contributed by atoms with Crippen LogP contribution in [0.25, 0.3) is 0 Å².